The Balaban J connectivity index is 1.56. The molecule has 146 valence electrons. The predicted octanol–water partition coefficient (Wildman–Crippen LogP) is 4.19. The Labute approximate surface area is 154 Å². The number of anilines is 1. The van der Waals surface area contributed by atoms with Gasteiger partial charge in [0.1, 0.15) is 23.8 Å². The van der Waals surface area contributed by atoms with E-state index >= 15 is 0 Å². The van der Waals surface area contributed by atoms with Crippen LogP contribution in [0.25, 0.3) is 11.3 Å². The molecule has 0 aliphatic heterocycles. The van der Waals surface area contributed by atoms with Crippen LogP contribution in [0.3, 0.4) is 0 Å². The normalized spacial score (nSPS) is 10.9. The highest BCUT2D eigenvalue weighted by atomic mass is 19.2. The highest BCUT2D eigenvalue weighted by Crippen LogP contribution is 2.24. The van der Waals surface area contributed by atoms with Crippen molar-refractivity contribution < 1.29 is 36.0 Å². The summed E-state index contributed by atoms with van der Waals surface area (Å²) in [5.74, 6) is -7.87. The molecule has 1 heterocycles. The number of ether oxygens (including phenoxy) is 1. The molecule has 2 aromatic carbocycles. The van der Waals surface area contributed by atoms with Crippen LogP contribution < -0.4 is 5.32 Å². The maximum atomic E-state index is 13.5. The molecule has 0 aliphatic rings. The zero-order chi connectivity index (χ0) is 20.3. The van der Waals surface area contributed by atoms with Gasteiger partial charge in [-0.05, 0) is 24.3 Å². The van der Waals surface area contributed by atoms with Crippen molar-refractivity contribution in [3.05, 3.63) is 71.2 Å². The number of hydrogen-bond donors (Lipinski definition) is 1. The third-order valence-electron chi connectivity index (χ3n) is 3.55. The first-order chi connectivity index (χ1) is 13.3. The predicted molar refractivity (Wildman–Crippen MR) is 86.5 cm³/mol. The molecular formula is C18H11F5N2O3. The van der Waals surface area contributed by atoms with Gasteiger partial charge in [0.05, 0.1) is 6.61 Å². The molecular weight excluding hydrogens is 387 g/mol. The minimum Gasteiger partial charge on any atom is -0.365 e. The third-order valence-corrected chi connectivity index (χ3v) is 3.55. The number of rotatable bonds is 6. The number of amides is 1. The van der Waals surface area contributed by atoms with Crippen molar-refractivity contribution in [3.8, 4) is 11.3 Å². The molecule has 0 bridgehead atoms. The van der Waals surface area contributed by atoms with E-state index in [1.165, 1.54) is 30.3 Å². The average molecular weight is 398 g/mol. The zero-order valence-corrected chi connectivity index (χ0v) is 13.9. The van der Waals surface area contributed by atoms with E-state index in [9.17, 15) is 26.7 Å². The van der Waals surface area contributed by atoms with Crippen LogP contribution in [0.1, 0.15) is 5.69 Å². The van der Waals surface area contributed by atoms with Gasteiger partial charge in [-0.3, -0.25) is 4.79 Å². The molecule has 3 rings (SSSR count). The molecule has 1 N–H and O–H groups in total. The number of aromatic nitrogens is 1. The van der Waals surface area contributed by atoms with Crippen LogP contribution >= 0.6 is 0 Å². The van der Waals surface area contributed by atoms with Gasteiger partial charge in [0.15, 0.2) is 29.0 Å². The lowest BCUT2D eigenvalue weighted by Gasteiger charge is -2.09. The number of nitrogens with one attached hydrogen (secondary N) is 1. The second kappa shape index (κ2) is 8.17. The Morgan fingerprint density at radius 2 is 1.64 bits per heavy atom. The molecule has 0 aliphatic carbocycles. The first-order valence-corrected chi connectivity index (χ1v) is 7.77. The Morgan fingerprint density at radius 3 is 2.29 bits per heavy atom. The first-order valence-electron chi connectivity index (χ1n) is 7.77. The molecule has 0 saturated carbocycles. The molecule has 0 spiro atoms. The van der Waals surface area contributed by atoms with Crippen LogP contribution in [0, 0.1) is 29.1 Å². The Bertz CT molecular complexity index is 979. The van der Waals surface area contributed by atoms with Crippen molar-refractivity contribution >= 4 is 11.6 Å². The number of halogens is 5. The molecule has 28 heavy (non-hydrogen) atoms. The highest BCUT2D eigenvalue weighted by molar-refractivity contribution is 5.92. The quantitative estimate of drug-likeness (QED) is 0.500. The van der Waals surface area contributed by atoms with Crippen LogP contribution in [-0.4, -0.2) is 17.7 Å². The molecule has 1 aromatic heterocycles. The number of nitrogens with zero attached hydrogens (tertiary/aromatic N) is 1. The summed E-state index contributed by atoms with van der Waals surface area (Å²) in [6.45, 7) is -0.865. The lowest BCUT2D eigenvalue weighted by atomic mass is 10.1. The minimum absolute atomic E-state index is 0.0279. The van der Waals surface area contributed by atoms with Crippen molar-refractivity contribution in [3.63, 3.8) is 0 Å². The van der Waals surface area contributed by atoms with Crippen molar-refractivity contribution in [2.24, 2.45) is 0 Å². The summed E-state index contributed by atoms with van der Waals surface area (Å²) >= 11 is 0. The summed E-state index contributed by atoms with van der Waals surface area (Å²) in [5.41, 5.74) is -0.385. The molecule has 0 unspecified atom stereocenters. The first kappa shape index (κ1) is 19.5. The fourth-order valence-electron chi connectivity index (χ4n) is 2.24. The fourth-order valence-corrected chi connectivity index (χ4v) is 2.24. The highest BCUT2D eigenvalue weighted by Gasteiger charge is 2.21. The molecule has 5 nitrogen and oxygen atoms in total. The monoisotopic (exact) mass is 398 g/mol. The summed E-state index contributed by atoms with van der Waals surface area (Å²) in [6, 6.07) is 6.97. The number of carbonyl (C=O) groups excluding carboxylic acids is 1. The van der Waals surface area contributed by atoms with Gasteiger partial charge in [-0.2, -0.15) is 0 Å². The fraction of sp³-hybridized carbons (Fsp3) is 0.111. The lowest BCUT2D eigenvalue weighted by molar-refractivity contribution is -0.121. The van der Waals surface area contributed by atoms with Gasteiger partial charge in [-0.15, -0.1) is 0 Å². The molecule has 1 amide bonds. The van der Waals surface area contributed by atoms with Crippen molar-refractivity contribution in [2.45, 2.75) is 6.61 Å². The van der Waals surface area contributed by atoms with E-state index in [0.29, 0.717) is 17.0 Å². The van der Waals surface area contributed by atoms with Gasteiger partial charge >= 0.3 is 0 Å². The smallest absolute Gasteiger partial charge is 0.250 e. The van der Waals surface area contributed by atoms with Gasteiger partial charge in [0.2, 0.25) is 0 Å². The summed E-state index contributed by atoms with van der Waals surface area (Å²) in [4.78, 5) is 11.7. The van der Waals surface area contributed by atoms with Gasteiger partial charge in [-0.1, -0.05) is 5.16 Å². The van der Waals surface area contributed by atoms with Crippen molar-refractivity contribution in [2.75, 3.05) is 11.9 Å². The van der Waals surface area contributed by atoms with Gasteiger partial charge in [-0.25, -0.2) is 22.0 Å². The second-order valence-electron chi connectivity index (χ2n) is 5.57. The third kappa shape index (κ3) is 4.34. The molecule has 0 radical (unpaired) electrons. The van der Waals surface area contributed by atoms with E-state index in [0.717, 1.165) is 0 Å². The summed E-state index contributed by atoms with van der Waals surface area (Å²) in [5, 5.41) is 5.41. The molecule has 3 aromatic rings. The topological polar surface area (TPSA) is 64.4 Å². The van der Waals surface area contributed by atoms with Crippen molar-refractivity contribution in [1.29, 1.82) is 0 Å². The minimum atomic E-state index is -1.73. The standard InChI is InChI=1S/C18H11F5N2O3/c19-10-3-1-9(2-4-10)14-5-11(25-28-14)7-27-8-15(26)24-18-16(22)12(20)6-13(21)17(18)23/h1-6H,7-8H2,(H,24,26). The maximum absolute atomic E-state index is 13.5. The molecule has 10 heteroatoms. The summed E-state index contributed by atoms with van der Waals surface area (Å²) < 4.78 is 76.2. The Kier molecular flexibility index (Phi) is 5.69. The van der Waals surface area contributed by atoms with Gasteiger partial charge in [0.25, 0.3) is 5.91 Å². The van der Waals surface area contributed by atoms with Gasteiger partial charge < -0.3 is 14.6 Å². The van der Waals surface area contributed by atoms with E-state index in [2.05, 4.69) is 5.16 Å². The van der Waals surface area contributed by atoms with Crippen LogP contribution in [0.5, 0.6) is 0 Å². The van der Waals surface area contributed by atoms with E-state index in [-0.39, 0.29) is 12.7 Å². The summed E-state index contributed by atoms with van der Waals surface area (Å²) in [7, 11) is 0. The lowest BCUT2D eigenvalue weighted by Crippen LogP contribution is -2.20. The molecule has 0 saturated heterocycles. The Hall–Kier alpha value is -3.27. The molecule has 0 atom stereocenters. The second-order valence-corrected chi connectivity index (χ2v) is 5.57. The van der Waals surface area contributed by atoms with Crippen LogP contribution in [0.2, 0.25) is 0 Å². The van der Waals surface area contributed by atoms with Crippen LogP contribution in [0.15, 0.2) is 40.9 Å². The SMILES string of the molecule is O=C(COCc1cc(-c2ccc(F)cc2)on1)Nc1c(F)c(F)cc(F)c1F. The van der Waals surface area contributed by atoms with Crippen molar-refractivity contribution in [1.82, 2.24) is 5.16 Å². The molecule has 0 fully saturated rings. The van der Waals surface area contributed by atoms with E-state index in [1.807, 2.05) is 0 Å². The average Bonchev–Trinajstić information content (AvgIpc) is 3.13. The number of carbonyl (C=O) groups is 1. The number of benzene rings is 2. The largest absolute Gasteiger partial charge is 0.365 e. The summed E-state index contributed by atoms with van der Waals surface area (Å²) in [6.07, 6.45) is 0. The van der Waals surface area contributed by atoms with E-state index in [1.54, 1.807) is 5.32 Å². The Morgan fingerprint density at radius 1 is 1.00 bits per heavy atom. The van der Waals surface area contributed by atoms with Crippen LogP contribution in [-0.2, 0) is 16.1 Å². The van der Waals surface area contributed by atoms with Crippen LogP contribution in [0.4, 0.5) is 27.6 Å². The van der Waals surface area contributed by atoms with E-state index < -0.39 is 47.3 Å². The van der Waals surface area contributed by atoms with E-state index in [4.69, 9.17) is 9.26 Å². The zero-order valence-electron chi connectivity index (χ0n) is 13.9. The maximum Gasteiger partial charge on any atom is 0.250 e. The van der Waals surface area contributed by atoms with Gasteiger partial charge in [0, 0.05) is 17.7 Å². The number of hydrogen-bond acceptors (Lipinski definition) is 4.